The van der Waals surface area contributed by atoms with E-state index in [2.05, 4.69) is 27.8 Å². The number of aryl methyl sites for hydroxylation is 1. The van der Waals surface area contributed by atoms with Crippen LogP contribution in [0.25, 0.3) is 0 Å². The number of nitrogens with zero attached hydrogens (tertiary/aromatic N) is 2. The summed E-state index contributed by atoms with van der Waals surface area (Å²) in [5.74, 6) is -0.454. The van der Waals surface area contributed by atoms with Crippen molar-refractivity contribution in [3.8, 4) is 0 Å². The van der Waals surface area contributed by atoms with Crippen LogP contribution in [0.1, 0.15) is 51.9 Å². The quantitative estimate of drug-likeness (QED) is 0.764. The first kappa shape index (κ1) is 17.1. The number of rotatable bonds is 7. The van der Waals surface area contributed by atoms with E-state index in [-0.39, 0.29) is 11.8 Å². The summed E-state index contributed by atoms with van der Waals surface area (Å²) in [5, 5.41) is 14.5. The van der Waals surface area contributed by atoms with Gasteiger partial charge in [-0.3, -0.25) is 9.59 Å². The Balaban J connectivity index is 2.01. The summed E-state index contributed by atoms with van der Waals surface area (Å²) in [6.07, 6.45) is 2.72. The molecule has 0 aliphatic rings. The van der Waals surface area contributed by atoms with E-state index < -0.39 is 0 Å². The summed E-state index contributed by atoms with van der Waals surface area (Å²) in [5.41, 5.74) is 1.08. The average Bonchev–Trinajstić information content (AvgIpc) is 3.04. The van der Waals surface area contributed by atoms with Crippen LogP contribution in [0.15, 0.2) is 24.3 Å². The van der Waals surface area contributed by atoms with Crippen LogP contribution in [0.5, 0.6) is 0 Å². The molecule has 0 saturated heterocycles. The van der Waals surface area contributed by atoms with Crippen LogP contribution in [-0.2, 0) is 6.42 Å². The Hall–Kier alpha value is -2.28. The molecule has 1 heterocycles. The Morgan fingerprint density at radius 1 is 1.17 bits per heavy atom. The highest BCUT2D eigenvalue weighted by molar-refractivity contribution is 7.13. The number of unbranched alkanes of at least 4 members (excludes halogenated alkanes) is 1. The lowest BCUT2D eigenvalue weighted by Crippen LogP contribution is -2.24. The Morgan fingerprint density at radius 2 is 2.00 bits per heavy atom. The molecule has 2 rings (SSSR count). The van der Waals surface area contributed by atoms with Crippen LogP contribution in [0.3, 0.4) is 0 Å². The largest absolute Gasteiger partial charge is 0.352 e. The van der Waals surface area contributed by atoms with E-state index in [0.29, 0.717) is 22.8 Å². The molecule has 2 aromatic rings. The van der Waals surface area contributed by atoms with Crippen LogP contribution in [0, 0.1) is 0 Å². The van der Waals surface area contributed by atoms with Gasteiger partial charge in [-0.05, 0) is 31.0 Å². The summed E-state index contributed by atoms with van der Waals surface area (Å²) in [4.78, 5) is 24.2. The zero-order chi connectivity index (χ0) is 16.7. The van der Waals surface area contributed by atoms with Gasteiger partial charge in [0.1, 0.15) is 5.01 Å². The van der Waals surface area contributed by atoms with Crippen LogP contribution in [0.4, 0.5) is 5.69 Å². The van der Waals surface area contributed by atoms with Gasteiger partial charge in [-0.25, -0.2) is 0 Å². The molecular weight excluding hydrogens is 312 g/mol. The highest BCUT2D eigenvalue weighted by Gasteiger charge is 2.13. The van der Waals surface area contributed by atoms with Crippen LogP contribution >= 0.6 is 11.3 Å². The van der Waals surface area contributed by atoms with Gasteiger partial charge in [0, 0.05) is 17.8 Å². The van der Waals surface area contributed by atoms with Gasteiger partial charge in [0.15, 0.2) is 0 Å². The van der Waals surface area contributed by atoms with Gasteiger partial charge in [-0.2, -0.15) is 0 Å². The van der Waals surface area contributed by atoms with Gasteiger partial charge < -0.3 is 10.6 Å². The minimum absolute atomic E-state index is 0.140. The summed E-state index contributed by atoms with van der Waals surface area (Å²) in [6, 6.07) is 6.85. The van der Waals surface area contributed by atoms with E-state index >= 15 is 0 Å². The standard InChI is InChI=1S/C16H20N4O2S/c1-3-5-9-17-14(21)11-7-6-8-12(10-11)18-15(22)16-20-19-13(4-2)23-16/h6-8,10H,3-5,9H2,1-2H3,(H,17,21)(H,18,22). The maximum absolute atomic E-state index is 12.1. The monoisotopic (exact) mass is 332 g/mol. The maximum atomic E-state index is 12.1. The lowest BCUT2D eigenvalue weighted by Gasteiger charge is -2.07. The molecule has 1 aromatic heterocycles. The highest BCUT2D eigenvalue weighted by atomic mass is 32.1. The molecule has 0 unspecified atom stereocenters. The molecule has 2 N–H and O–H groups in total. The Bertz CT molecular complexity index is 684. The molecule has 0 aliphatic carbocycles. The molecule has 0 aliphatic heterocycles. The van der Waals surface area contributed by atoms with Gasteiger partial charge in [-0.15, -0.1) is 10.2 Å². The molecule has 2 amide bonds. The number of anilines is 1. The van der Waals surface area contributed by atoms with Gasteiger partial charge in [0.05, 0.1) is 0 Å². The molecular formula is C16H20N4O2S. The minimum Gasteiger partial charge on any atom is -0.352 e. The van der Waals surface area contributed by atoms with Crippen molar-refractivity contribution < 1.29 is 9.59 Å². The van der Waals surface area contributed by atoms with Crippen molar-refractivity contribution in [1.29, 1.82) is 0 Å². The highest BCUT2D eigenvalue weighted by Crippen LogP contribution is 2.15. The fraction of sp³-hybridized carbons (Fsp3) is 0.375. The second kappa shape index (κ2) is 8.38. The lowest BCUT2D eigenvalue weighted by molar-refractivity contribution is 0.0951. The molecule has 6 nitrogen and oxygen atoms in total. The molecule has 0 fully saturated rings. The summed E-state index contributed by atoms with van der Waals surface area (Å²) in [6.45, 7) is 4.68. The molecule has 7 heteroatoms. The van der Waals surface area contributed by atoms with Crippen molar-refractivity contribution in [2.45, 2.75) is 33.1 Å². The van der Waals surface area contributed by atoms with Gasteiger partial charge in [-0.1, -0.05) is 37.7 Å². The first-order valence-electron chi connectivity index (χ1n) is 7.66. The van der Waals surface area contributed by atoms with E-state index in [1.807, 2.05) is 6.92 Å². The normalized spacial score (nSPS) is 10.3. The van der Waals surface area contributed by atoms with Crippen molar-refractivity contribution >= 4 is 28.8 Å². The molecule has 0 saturated carbocycles. The number of carbonyl (C=O) groups excluding carboxylic acids is 2. The van der Waals surface area contributed by atoms with E-state index in [9.17, 15) is 9.59 Å². The number of hydrogen-bond acceptors (Lipinski definition) is 5. The van der Waals surface area contributed by atoms with Crippen LogP contribution < -0.4 is 10.6 Å². The summed E-state index contributed by atoms with van der Waals surface area (Å²) >= 11 is 1.27. The van der Waals surface area contributed by atoms with Crippen molar-refractivity contribution in [2.75, 3.05) is 11.9 Å². The number of carbonyl (C=O) groups is 2. The van der Waals surface area contributed by atoms with Crippen molar-refractivity contribution in [3.05, 3.63) is 39.8 Å². The molecule has 1 aromatic carbocycles. The molecule has 23 heavy (non-hydrogen) atoms. The van der Waals surface area contributed by atoms with Crippen molar-refractivity contribution in [2.24, 2.45) is 0 Å². The van der Waals surface area contributed by atoms with Gasteiger partial charge in [0.25, 0.3) is 11.8 Å². The third kappa shape index (κ3) is 4.85. The average molecular weight is 332 g/mol. The number of aromatic nitrogens is 2. The lowest BCUT2D eigenvalue weighted by atomic mass is 10.2. The predicted octanol–water partition coefficient (Wildman–Crippen LogP) is 2.88. The summed E-state index contributed by atoms with van der Waals surface area (Å²) in [7, 11) is 0. The Morgan fingerprint density at radius 3 is 2.70 bits per heavy atom. The van der Waals surface area contributed by atoms with E-state index in [0.717, 1.165) is 24.3 Å². The Labute approximate surface area is 139 Å². The smallest absolute Gasteiger partial charge is 0.286 e. The fourth-order valence-electron chi connectivity index (χ4n) is 1.89. The molecule has 0 radical (unpaired) electrons. The molecule has 0 atom stereocenters. The number of nitrogens with one attached hydrogen (secondary N) is 2. The third-order valence-electron chi connectivity index (χ3n) is 3.16. The first-order chi connectivity index (χ1) is 11.1. The fourth-order valence-corrected chi connectivity index (χ4v) is 2.57. The zero-order valence-corrected chi connectivity index (χ0v) is 14.1. The van der Waals surface area contributed by atoms with Crippen LogP contribution in [-0.4, -0.2) is 28.6 Å². The second-order valence-electron chi connectivity index (χ2n) is 5.00. The van der Waals surface area contributed by atoms with Crippen molar-refractivity contribution in [3.63, 3.8) is 0 Å². The number of benzene rings is 1. The van der Waals surface area contributed by atoms with E-state index in [1.54, 1.807) is 24.3 Å². The second-order valence-corrected chi connectivity index (χ2v) is 6.06. The van der Waals surface area contributed by atoms with Gasteiger partial charge in [0.2, 0.25) is 5.01 Å². The Kier molecular flexibility index (Phi) is 6.22. The third-order valence-corrected chi connectivity index (χ3v) is 4.23. The molecule has 122 valence electrons. The topological polar surface area (TPSA) is 84.0 Å². The first-order valence-corrected chi connectivity index (χ1v) is 8.47. The van der Waals surface area contributed by atoms with Crippen molar-refractivity contribution in [1.82, 2.24) is 15.5 Å². The zero-order valence-electron chi connectivity index (χ0n) is 13.3. The maximum Gasteiger partial charge on any atom is 0.286 e. The number of amides is 2. The van der Waals surface area contributed by atoms with E-state index in [4.69, 9.17) is 0 Å². The van der Waals surface area contributed by atoms with Gasteiger partial charge >= 0.3 is 0 Å². The van der Waals surface area contributed by atoms with E-state index in [1.165, 1.54) is 11.3 Å². The van der Waals surface area contributed by atoms with Crippen LogP contribution in [0.2, 0.25) is 0 Å². The molecule has 0 bridgehead atoms. The molecule has 0 spiro atoms. The predicted molar refractivity (Wildman–Crippen MR) is 90.9 cm³/mol. The summed E-state index contributed by atoms with van der Waals surface area (Å²) < 4.78 is 0. The number of hydrogen-bond donors (Lipinski definition) is 2. The minimum atomic E-state index is -0.314. The SMILES string of the molecule is CCCCNC(=O)c1cccc(NC(=O)c2nnc(CC)s2)c1.